The van der Waals surface area contributed by atoms with E-state index in [0.717, 1.165) is 22.3 Å². The van der Waals surface area contributed by atoms with E-state index in [1.165, 1.54) is 5.56 Å². The summed E-state index contributed by atoms with van der Waals surface area (Å²) in [6, 6.07) is 17.4. The van der Waals surface area contributed by atoms with Crippen molar-refractivity contribution in [1.82, 2.24) is 4.98 Å². The fraction of sp³-hybridized carbons (Fsp3) is 0.158. The number of aryl methyl sites for hydroxylation is 1. The standard InChI is InChI=1S/C19H18N2O2/c1-14-7-9-16(10-8-14)23-13-11-18(22)21-17-6-2-4-15-5-3-12-20-19(15)17/h2-10,12H,11,13H2,1H3,(H,21,22). The molecule has 1 heterocycles. The minimum absolute atomic E-state index is 0.0877. The van der Waals surface area contributed by atoms with Crippen molar-refractivity contribution >= 4 is 22.5 Å². The van der Waals surface area contributed by atoms with E-state index in [-0.39, 0.29) is 12.3 Å². The van der Waals surface area contributed by atoms with Gasteiger partial charge in [-0.3, -0.25) is 9.78 Å². The molecule has 0 radical (unpaired) electrons. The summed E-state index contributed by atoms with van der Waals surface area (Å²) in [5, 5.41) is 3.90. The normalized spacial score (nSPS) is 10.5. The molecule has 0 fully saturated rings. The van der Waals surface area contributed by atoms with Crippen LogP contribution in [0, 0.1) is 6.92 Å². The lowest BCUT2D eigenvalue weighted by Crippen LogP contribution is -2.15. The van der Waals surface area contributed by atoms with E-state index in [4.69, 9.17) is 4.74 Å². The first-order valence-corrected chi connectivity index (χ1v) is 7.55. The molecule has 23 heavy (non-hydrogen) atoms. The van der Waals surface area contributed by atoms with Crippen molar-refractivity contribution in [2.24, 2.45) is 0 Å². The van der Waals surface area contributed by atoms with Crippen molar-refractivity contribution in [3.05, 3.63) is 66.4 Å². The monoisotopic (exact) mass is 306 g/mol. The van der Waals surface area contributed by atoms with E-state index >= 15 is 0 Å². The maximum atomic E-state index is 12.1. The second-order valence-corrected chi connectivity index (χ2v) is 5.34. The van der Waals surface area contributed by atoms with E-state index < -0.39 is 0 Å². The second kappa shape index (κ2) is 6.92. The Hall–Kier alpha value is -2.88. The van der Waals surface area contributed by atoms with E-state index in [9.17, 15) is 4.79 Å². The molecule has 2 aromatic carbocycles. The average molecular weight is 306 g/mol. The number of pyridine rings is 1. The Morgan fingerprint density at radius 1 is 1.09 bits per heavy atom. The summed E-state index contributed by atoms with van der Waals surface area (Å²) in [4.78, 5) is 16.4. The van der Waals surface area contributed by atoms with Crippen LogP contribution in [-0.2, 0) is 4.79 Å². The van der Waals surface area contributed by atoms with Gasteiger partial charge < -0.3 is 10.1 Å². The van der Waals surface area contributed by atoms with Gasteiger partial charge in [-0.15, -0.1) is 0 Å². The first-order chi connectivity index (χ1) is 11.2. The van der Waals surface area contributed by atoms with E-state index in [0.29, 0.717) is 6.61 Å². The Morgan fingerprint density at radius 3 is 2.70 bits per heavy atom. The van der Waals surface area contributed by atoms with Crippen LogP contribution < -0.4 is 10.1 Å². The van der Waals surface area contributed by atoms with Crippen molar-refractivity contribution in [3.8, 4) is 5.75 Å². The molecule has 3 aromatic rings. The molecule has 0 saturated carbocycles. The molecular formula is C19H18N2O2. The van der Waals surface area contributed by atoms with Crippen molar-refractivity contribution in [2.75, 3.05) is 11.9 Å². The maximum absolute atomic E-state index is 12.1. The largest absolute Gasteiger partial charge is 0.493 e. The number of fused-ring (bicyclic) bond motifs is 1. The highest BCUT2D eigenvalue weighted by Crippen LogP contribution is 2.20. The number of anilines is 1. The van der Waals surface area contributed by atoms with E-state index in [1.54, 1.807) is 6.20 Å². The maximum Gasteiger partial charge on any atom is 0.227 e. The Kier molecular flexibility index (Phi) is 4.52. The molecule has 3 rings (SSSR count). The third kappa shape index (κ3) is 3.86. The number of nitrogens with one attached hydrogen (secondary N) is 1. The van der Waals surface area contributed by atoms with Crippen LogP contribution in [0.5, 0.6) is 5.75 Å². The van der Waals surface area contributed by atoms with Gasteiger partial charge in [0.05, 0.1) is 24.2 Å². The molecule has 1 aromatic heterocycles. The Bertz CT molecular complexity index is 808. The number of rotatable bonds is 5. The SMILES string of the molecule is Cc1ccc(OCCC(=O)Nc2cccc3cccnc23)cc1. The molecule has 0 spiro atoms. The lowest BCUT2D eigenvalue weighted by atomic mass is 10.2. The summed E-state index contributed by atoms with van der Waals surface area (Å²) in [7, 11) is 0. The zero-order valence-corrected chi connectivity index (χ0v) is 13.0. The Balaban J connectivity index is 1.57. The summed E-state index contributed by atoms with van der Waals surface area (Å²) in [6.07, 6.45) is 2.01. The number of aromatic nitrogens is 1. The van der Waals surface area contributed by atoms with Gasteiger partial charge in [0, 0.05) is 11.6 Å². The molecule has 0 aliphatic heterocycles. The average Bonchev–Trinajstić information content (AvgIpc) is 2.57. The topological polar surface area (TPSA) is 51.2 Å². The fourth-order valence-electron chi connectivity index (χ4n) is 2.31. The van der Waals surface area contributed by atoms with Crippen LogP contribution in [0.4, 0.5) is 5.69 Å². The quantitative estimate of drug-likeness (QED) is 0.776. The molecule has 0 aliphatic carbocycles. The minimum atomic E-state index is -0.0877. The highest BCUT2D eigenvalue weighted by Gasteiger charge is 2.07. The number of ether oxygens (including phenoxy) is 1. The number of carbonyl (C=O) groups excluding carboxylic acids is 1. The van der Waals surface area contributed by atoms with Gasteiger partial charge >= 0.3 is 0 Å². The number of para-hydroxylation sites is 1. The van der Waals surface area contributed by atoms with Crippen molar-refractivity contribution in [1.29, 1.82) is 0 Å². The minimum Gasteiger partial charge on any atom is -0.493 e. The van der Waals surface area contributed by atoms with E-state index in [2.05, 4.69) is 10.3 Å². The third-order valence-electron chi connectivity index (χ3n) is 3.53. The predicted octanol–water partition coefficient (Wildman–Crippen LogP) is 3.95. The number of carbonyl (C=O) groups is 1. The van der Waals surface area contributed by atoms with Crippen LogP contribution in [0.1, 0.15) is 12.0 Å². The lowest BCUT2D eigenvalue weighted by molar-refractivity contribution is -0.116. The summed E-state index contributed by atoms with van der Waals surface area (Å²) in [5.74, 6) is 0.686. The Labute approximate surface area is 135 Å². The highest BCUT2D eigenvalue weighted by molar-refractivity contribution is 6.00. The van der Waals surface area contributed by atoms with Crippen LogP contribution in [0.25, 0.3) is 10.9 Å². The van der Waals surface area contributed by atoms with Gasteiger partial charge in [0.15, 0.2) is 0 Å². The van der Waals surface area contributed by atoms with Crippen LogP contribution in [0.3, 0.4) is 0 Å². The smallest absolute Gasteiger partial charge is 0.227 e. The molecule has 0 aliphatic rings. The van der Waals surface area contributed by atoms with Crippen LogP contribution >= 0.6 is 0 Å². The molecule has 116 valence electrons. The molecule has 1 N–H and O–H groups in total. The van der Waals surface area contributed by atoms with Gasteiger partial charge in [-0.25, -0.2) is 0 Å². The number of hydrogen-bond donors (Lipinski definition) is 1. The molecule has 0 bridgehead atoms. The zero-order valence-electron chi connectivity index (χ0n) is 13.0. The van der Waals surface area contributed by atoms with Gasteiger partial charge in [0.1, 0.15) is 5.75 Å². The molecule has 0 saturated heterocycles. The van der Waals surface area contributed by atoms with Gasteiger partial charge in [0.25, 0.3) is 0 Å². The van der Waals surface area contributed by atoms with Crippen molar-refractivity contribution in [3.63, 3.8) is 0 Å². The molecule has 4 heteroatoms. The van der Waals surface area contributed by atoms with Crippen molar-refractivity contribution < 1.29 is 9.53 Å². The fourth-order valence-corrected chi connectivity index (χ4v) is 2.31. The third-order valence-corrected chi connectivity index (χ3v) is 3.53. The number of nitrogens with zero attached hydrogens (tertiary/aromatic N) is 1. The summed E-state index contributed by atoms with van der Waals surface area (Å²) >= 11 is 0. The van der Waals surface area contributed by atoms with Crippen LogP contribution in [0.15, 0.2) is 60.8 Å². The van der Waals surface area contributed by atoms with E-state index in [1.807, 2.05) is 61.5 Å². The van der Waals surface area contributed by atoms with Gasteiger partial charge in [-0.05, 0) is 31.2 Å². The molecule has 0 atom stereocenters. The molecule has 1 amide bonds. The summed E-state index contributed by atoms with van der Waals surface area (Å²) in [6.45, 7) is 2.36. The van der Waals surface area contributed by atoms with Gasteiger partial charge in [-0.1, -0.05) is 35.9 Å². The number of amides is 1. The van der Waals surface area contributed by atoms with Crippen LogP contribution in [0.2, 0.25) is 0 Å². The lowest BCUT2D eigenvalue weighted by Gasteiger charge is -2.09. The predicted molar refractivity (Wildman–Crippen MR) is 91.7 cm³/mol. The number of hydrogen-bond acceptors (Lipinski definition) is 3. The molecule has 4 nitrogen and oxygen atoms in total. The first-order valence-electron chi connectivity index (χ1n) is 7.55. The van der Waals surface area contributed by atoms with Crippen molar-refractivity contribution in [2.45, 2.75) is 13.3 Å². The molecule has 0 unspecified atom stereocenters. The zero-order chi connectivity index (χ0) is 16.1. The highest BCUT2D eigenvalue weighted by atomic mass is 16.5. The number of benzene rings is 2. The first kappa shape index (κ1) is 15.0. The summed E-state index contributed by atoms with van der Waals surface area (Å²) in [5.41, 5.74) is 2.70. The Morgan fingerprint density at radius 2 is 1.87 bits per heavy atom. The second-order valence-electron chi connectivity index (χ2n) is 5.34. The van der Waals surface area contributed by atoms with Crippen LogP contribution in [-0.4, -0.2) is 17.5 Å². The van der Waals surface area contributed by atoms with Gasteiger partial charge in [-0.2, -0.15) is 0 Å². The summed E-state index contributed by atoms with van der Waals surface area (Å²) < 4.78 is 5.58. The molecular weight excluding hydrogens is 288 g/mol. The van der Waals surface area contributed by atoms with Gasteiger partial charge in [0.2, 0.25) is 5.91 Å².